The lowest BCUT2D eigenvalue weighted by Gasteiger charge is -2.12. The highest BCUT2D eigenvalue weighted by Crippen LogP contribution is 2.16. The van der Waals surface area contributed by atoms with Crippen molar-refractivity contribution in [3.05, 3.63) is 0 Å². The Balaban J connectivity index is -0.0000000237. The summed E-state index contributed by atoms with van der Waals surface area (Å²) in [5.74, 6) is 1.44. The van der Waals surface area contributed by atoms with Crippen LogP contribution in [0.5, 0.6) is 0 Å². The summed E-state index contributed by atoms with van der Waals surface area (Å²) in [6, 6.07) is 0. The van der Waals surface area contributed by atoms with Crippen LogP contribution in [-0.4, -0.2) is 17.5 Å². The van der Waals surface area contributed by atoms with Crippen molar-refractivity contribution in [2.45, 2.75) is 124 Å². The number of Topliss-reactive ketones (excluding diaryl/α,β-unsaturated/α-hetero) is 1. The summed E-state index contributed by atoms with van der Waals surface area (Å²) in [6.45, 7) is 35.5. The van der Waals surface area contributed by atoms with Crippen molar-refractivity contribution in [3.8, 4) is 0 Å². The molecule has 172 valence electrons. The molecule has 2 heteroatoms. The van der Waals surface area contributed by atoms with Gasteiger partial charge in [0.25, 0.3) is 0 Å². The standard InChI is InChI=1S/C6H14.C5H12.C4H10O.C4H10.C3H6O.C2H6.3H2/c1-5-6(2,3)4;1-5(2,3)4;1-4(2)3-5;1-4(2)3;1-3(2)4;1-2;;;/h5H2,1-4H3;1-4H3;4-5H,3H2,1-2H3;4H,1-3H3;1-2H3;1-2H3;3*1H. The molecule has 0 saturated heterocycles. The van der Waals surface area contributed by atoms with Crippen molar-refractivity contribution >= 4 is 5.78 Å². The maximum absolute atomic E-state index is 9.44. The molecule has 0 heterocycles. The molecule has 0 atom stereocenters. The number of aliphatic hydroxyl groups excluding tert-OH is 1. The lowest BCUT2D eigenvalue weighted by atomic mass is 9.94. The smallest absolute Gasteiger partial charge is 0.126 e. The van der Waals surface area contributed by atoms with E-state index in [1.165, 1.54) is 20.3 Å². The SMILES string of the molecule is CC.CC(C)(C)C.CC(C)=O.CC(C)C.CC(C)CO.CCC(C)(C)C.[HH].[HH].[HH]. The van der Waals surface area contributed by atoms with E-state index in [4.69, 9.17) is 5.11 Å². The maximum Gasteiger partial charge on any atom is 0.126 e. The summed E-state index contributed by atoms with van der Waals surface area (Å²) in [4.78, 5) is 9.44. The van der Waals surface area contributed by atoms with Gasteiger partial charge >= 0.3 is 0 Å². The minimum absolute atomic E-state index is 0. The molecule has 0 aliphatic carbocycles. The Morgan fingerprint density at radius 2 is 0.923 bits per heavy atom. The summed E-state index contributed by atoms with van der Waals surface area (Å²) in [7, 11) is 0. The number of carbonyl (C=O) groups is 1. The zero-order valence-corrected chi connectivity index (χ0v) is 21.9. The predicted octanol–water partition coefficient (Wildman–Crippen LogP) is 9.15. The first-order valence-corrected chi connectivity index (χ1v) is 10.4. The average Bonchev–Trinajstić information content (AvgIpc) is 2.37. The molecule has 1 N–H and O–H groups in total. The molecular formula is C24H64O2. The molecule has 0 aromatic heterocycles. The molecule has 0 spiro atoms. The van der Waals surface area contributed by atoms with Gasteiger partial charge in [0, 0.05) is 10.9 Å². The van der Waals surface area contributed by atoms with Gasteiger partial charge in [-0.3, -0.25) is 0 Å². The summed E-state index contributed by atoms with van der Waals surface area (Å²) in [5, 5.41) is 8.14. The van der Waals surface area contributed by atoms with Crippen LogP contribution in [0.2, 0.25) is 0 Å². The van der Waals surface area contributed by atoms with Crippen molar-refractivity contribution in [1.29, 1.82) is 0 Å². The van der Waals surface area contributed by atoms with Gasteiger partial charge in [-0.1, -0.05) is 110 Å². The van der Waals surface area contributed by atoms with Crippen LogP contribution < -0.4 is 0 Å². The predicted molar refractivity (Wildman–Crippen MR) is 131 cm³/mol. The van der Waals surface area contributed by atoms with E-state index < -0.39 is 0 Å². The van der Waals surface area contributed by atoms with Gasteiger partial charge in [0.2, 0.25) is 0 Å². The summed E-state index contributed by atoms with van der Waals surface area (Å²) < 4.78 is 0. The van der Waals surface area contributed by atoms with E-state index in [0.717, 1.165) is 5.92 Å². The molecule has 0 aliphatic rings. The second-order valence-corrected chi connectivity index (χ2v) is 10.1. The van der Waals surface area contributed by atoms with Gasteiger partial charge in [-0.05, 0) is 36.5 Å². The van der Waals surface area contributed by atoms with Gasteiger partial charge in [-0.25, -0.2) is 0 Å². The Kier molecular flexibility index (Phi) is 41.7. The highest BCUT2D eigenvalue weighted by molar-refractivity contribution is 5.72. The van der Waals surface area contributed by atoms with E-state index >= 15 is 0 Å². The number of hydrogen-bond acceptors (Lipinski definition) is 2. The first kappa shape index (κ1) is 40.3. The number of carbonyl (C=O) groups excluding carboxylic acids is 1. The zero-order chi connectivity index (χ0) is 23.1. The number of ketones is 1. The first-order chi connectivity index (χ1) is 11.3. The van der Waals surface area contributed by atoms with E-state index in [-0.39, 0.29) is 10.1 Å². The normalized spacial score (nSPS) is 9.54. The molecule has 0 amide bonds. The highest BCUT2D eigenvalue weighted by atomic mass is 16.3. The second kappa shape index (κ2) is 26.9. The largest absolute Gasteiger partial charge is 0.396 e. The van der Waals surface area contributed by atoms with E-state index in [9.17, 15) is 4.79 Å². The van der Waals surface area contributed by atoms with Crippen molar-refractivity contribution in [2.24, 2.45) is 22.7 Å². The molecule has 0 saturated carbocycles. The second-order valence-electron chi connectivity index (χ2n) is 10.1. The van der Waals surface area contributed by atoms with Crippen LogP contribution in [-0.2, 0) is 4.79 Å². The Morgan fingerprint density at radius 1 is 0.846 bits per heavy atom. The molecule has 0 bridgehead atoms. The van der Waals surface area contributed by atoms with Crippen molar-refractivity contribution in [1.82, 2.24) is 0 Å². The van der Waals surface area contributed by atoms with Crippen LogP contribution >= 0.6 is 0 Å². The lowest BCUT2D eigenvalue weighted by Crippen LogP contribution is -2.00. The molecular weight excluding hydrogens is 320 g/mol. The van der Waals surface area contributed by atoms with E-state index in [0.29, 0.717) is 23.4 Å². The van der Waals surface area contributed by atoms with Crippen LogP contribution in [0.4, 0.5) is 0 Å². The topological polar surface area (TPSA) is 37.3 Å². The molecule has 0 aromatic carbocycles. The van der Waals surface area contributed by atoms with Gasteiger partial charge in [-0.15, -0.1) is 0 Å². The fourth-order valence-corrected chi connectivity index (χ4v) is 0. The third-order valence-electron chi connectivity index (χ3n) is 1.43. The summed E-state index contributed by atoms with van der Waals surface area (Å²) in [6.07, 6.45) is 1.27. The monoisotopic (exact) mass is 384 g/mol. The number of rotatable bonds is 1. The third-order valence-corrected chi connectivity index (χ3v) is 1.43. The van der Waals surface area contributed by atoms with Crippen molar-refractivity contribution < 1.29 is 14.2 Å². The quantitative estimate of drug-likeness (QED) is 0.489. The fourth-order valence-electron chi connectivity index (χ4n) is 0. The fraction of sp³-hybridized carbons (Fsp3) is 0.958. The van der Waals surface area contributed by atoms with Crippen LogP contribution in [0.1, 0.15) is 128 Å². The van der Waals surface area contributed by atoms with E-state index in [1.807, 2.05) is 27.7 Å². The maximum atomic E-state index is 9.44. The Bertz CT molecular complexity index is 229. The van der Waals surface area contributed by atoms with Gasteiger partial charge < -0.3 is 9.90 Å². The molecule has 0 unspecified atom stereocenters. The molecule has 0 radical (unpaired) electrons. The minimum Gasteiger partial charge on any atom is -0.396 e. The third kappa shape index (κ3) is 565. The first-order valence-electron chi connectivity index (χ1n) is 10.4. The lowest BCUT2D eigenvalue weighted by molar-refractivity contribution is -0.114. The summed E-state index contributed by atoms with van der Waals surface area (Å²) >= 11 is 0. The van der Waals surface area contributed by atoms with E-state index in [1.54, 1.807) is 0 Å². The van der Waals surface area contributed by atoms with Crippen LogP contribution in [0.25, 0.3) is 0 Å². The Hall–Kier alpha value is -0.370. The zero-order valence-electron chi connectivity index (χ0n) is 21.9. The van der Waals surface area contributed by atoms with E-state index in [2.05, 4.69) is 76.2 Å². The summed E-state index contributed by atoms with van der Waals surface area (Å²) in [5.41, 5.74) is 1.04. The molecule has 0 rings (SSSR count). The van der Waals surface area contributed by atoms with Crippen molar-refractivity contribution in [2.75, 3.05) is 6.61 Å². The van der Waals surface area contributed by atoms with Gasteiger partial charge in [0.05, 0.1) is 0 Å². The van der Waals surface area contributed by atoms with Gasteiger partial charge in [0.1, 0.15) is 5.78 Å². The Morgan fingerprint density at radius 3 is 0.923 bits per heavy atom. The molecule has 0 aliphatic heterocycles. The van der Waals surface area contributed by atoms with Gasteiger partial charge in [-0.2, -0.15) is 0 Å². The van der Waals surface area contributed by atoms with Crippen LogP contribution in [0.3, 0.4) is 0 Å². The highest BCUT2D eigenvalue weighted by Gasteiger charge is 2.03. The van der Waals surface area contributed by atoms with Crippen LogP contribution in [0, 0.1) is 22.7 Å². The minimum atomic E-state index is 0. The molecule has 0 aromatic rings. The number of hydrogen-bond donors (Lipinski definition) is 1. The Labute approximate surface area is 174 Å². The molecule has 0 fully saturated rings. The average molecular weight is 385 g/mol. The van der Waals surface area contributed by atoms with Crippen molar-refractivity contribution in [3.63, 3.8) is 0 Å². The molecule has 2 nitrogen and oxygen atoms in total. The number of aliphatic hydroxyl groups is 1. The molecule has 26 heavy (non-hydrogen) atoms. The van der Waals surface area contributed by atoms with Gasteiger partial charge in [0.15, 0.2) is 0 Å². The van der Waals surface area contributed by atoms with Crippen LogP contribution in [0.15, 0.2) is 0 Å².